The molecule has 2 unspecified atom stereocenters. The van der Waals surface area contributed by atoms with E-state index >= 15 is 0 Å². The van der Waals surface area contributed by atoms with Crippen molar-refractivity contribution in [3.05, 3.63) is 0 Å². The Balaban J connectivity index is 3.55. The Bertz CT molecular complexity index is 498. The summed E-state index contributed by atoms with van der Waals surface area (Å²) in [4.78, 5) is 46.1. The van der Waals surface area contributed by atoms with Gasteiger partial charge < -0.3 is 18.9 Å². The second-order valence-electron chi connectivity index (χ2n) is 7.92. The molecule has 0 rings (SSSR count). The molecule has 0 heterocycles. The Hall–Kier alpha value is -2.12. The average Bonchev–Trinajstić information content (AvgIpc) is 2.69. The van der Waals surface area contributed by atoms with Crippen LogP contribution in [0.4, 0.5) is 0 Å². The van der Waals surface area contributed by atoms with Gasteiger partial charge in [-0.15, -0.1) is 0 Å². The summed E-state index contributed by atoms with van der Waals surface area (Å²) in [6.07, 6.45) is 8.64. The molecule has 8 heteroatoms. The topological polar surface area (TPSA) is 105 Å². The molecule has 0 aromatic carbocycles. The first-order valence-electron chi connectivity index (χ1n) is 12.1. The van der Waals surface area contributed by atoms with Crippen LogP contribution in [0.5, 0.6) is 0 Å². The van der Waals surface area contributed by atoms with Crippen LogP contribution < -0.4 is 0 Å². The molecule has 32 heavy (non-hydrogen) atoms. The predicted octanol–water partition coefficient (Wildman–Crippen LogP) is 5.35. The van der Waals surface area contributed by atoms with E-state index in [-0.39, 0.29) is 23.9 Å². The molecule has 0 aliphatic rings. The predicted molar refractivity (Wildman–Crippen MR) is 119 cm³/mol. The molecule has 0 radical (unpaired) electrons. The summed E-state index contributed by atoms with van der Waals surface area (Å²) >= 11 is 0. The van der Waals surface area contributed by atoms with Crippen molar-refractivity contribution < 1.29 is 38.1 Å². The van der Waals surface area contributed by atoms with E-state index in [0.29, 0.717) is 38.5 Å². The number of unbranched alkanes of at least 4 members (excludes halogenated alkanes) is 7. The zero-order valence-corrected chi connectivity index (χ0v) is 20.3. The third kappa shape index (κ3) is 18.6. The van der Waals surface area contributed by atoms with Crippen LogP contribution in [0.25, 0.3) is 0 Å². The van der Waals surface area contributed by atoms with Gasteiger partial charge in [-0.3, -0.25) is 19.2 Å². The lowest BCUT2D eigenvalue weighted by molar-refractivity contribution is -0.186. The third-order valence-corrected chi connectivity index (χ3v) is 4.61. The Kier molecular flexibility index (Phi) is 18.3. The van der Waals surface area contributed by atoms with Crippen molar-refractivity contribution in [3.63, 3.8) is 0 Å². The van der Waals surface area contributed by atoms with Crippen molar-refractivity contribution in [3.8, 4) is 0 Å². The lowest BCUT2D eigenvalue weighted by atomic mass is 10.1. The average molecular weight is 459 g/mol. The van der Waals surface area contributed by atoms with Crippen molar-refractivity contribution in [1.82, 2.24) is 0 Å². The lowest BCUT2D eigenvalue weighted by Crippen LogP contribution is -2.21. The standard InChI is InChI=1S/C24H42O8/c1-5-15-21(25)29-19(3)31-23(27)17-13-11-9-7-8-10-12-14-18-24(28)32-20(4)30-22(26)16-6-2/h19-20H,5-18H2,1-4H3. The zero-order valence-electron chi connectivity index (χ0n) is 20.3. The van der Waals surface area contributed by atoms with Crippen LogP contribution in [0.15, 0.2) is 0 Å². The van der Waals surface area contributed by atoms with Gasteiger partial charge in [0.2, 0.25) is 12.6 Å². The van der Waals surface area contributed by atoms with Crippen molar-refractivity contribution in [2.24, 2.45) is 0 Å². The fourth-order valence-electron chi connectivity index (χ4n) is 3.03. The van der Waals surface area contributed by atoms with Gasteiger partial charge in [0, 0.05) is 39.5 Å². The van der Waals surface area contributed by atoms with Gasteiger partial charge in [0.15, 0.2) is 0 Å². The zero-order chi connectivity index (χ0) is 24.2. The molecule has 0 saturated heterocycles. The van der Waals surface area contributed by atoms with Gasteiger partial charge in [0.25, 0.3) is 0 Å². The molecular weight excluding hydrogens is 416 g/mol. The van der Waals surface area contributed by atoms with Gasteiger partial charge in [0.05, 0.1) is 0 Å². The molecule has 0 aromatic heterocycles. The smallest absolute Gasteiger partial charge is 0.308 e. The number of esters is 4. The summed E-state index contributed by atoms with van der Waals surface area (Å²) in [6, 6.07) is 0. The maximum atomic E-state index is 11.7. The van der Waals surface area contributed by atoms with E-state index < -0.39 is 12.6 Å². The number of rotatable bonds is 19. The molecule has 0 saturated carbocycles. The van der Waals surface area contributed by atoms with E-state index in [2.05, 4.69) is 0 Å². The molecule has 0 amide bonds. The molecular formula is C24H42O8. The van der Waals surface area contributed by atoms with E-state index in [0.717, 1.165) is 51.4 Å². The second kappa shape index (κ2) is 19.6. The molecule has 0 bridgehead atoms. The fourth-order valence-corrected chi connectivity index (χ4v) is 3.03. The normalized spacial score (nSPS) is 12.5. The summed E-state index contributed by atoms with van der Waals surface area (Å²) in [5.74, 6) is -1.40. The molecule has 0 aromatic rings. The molecule has 0 aliphatic carbocycles. The Morgan fingerprint density at radius 2 is 0.719 bits per heavy atom. The Labute approximate surface area is 192 Å². The molecule has 0 fully saturated rings. The van der Waals surface area contributed by atoms with Crippen LogP contribution in [0.1, 0.15) is 118 Å². The monoisotopic (exact) mass is 458 g/mol. The molecule has 186 valence electrons. The van der Waals surface area contributed by atoms with Crippen LogP contribution in [-0.4, -0.2) is 36.5 Å². The van der Waals surface area contributed by atoms with Crippen LogP contribution in [0.3, 0.4) is 0 Å². The number of hydrogen-bond donors (Lipinski definition) is 0. The van der Waals surface area contributed by atoms with Crippen molar-refractivity contribution in [2.45, 2.75) is 130 Å². The summed E-state index contributed by atoms with van der Waals surface area (Å²) in [6.45, 7) is 6.86. The van der Waals surface area contributed by atoms with Gasteiger partial charge in [0.1, 0.15) is 0 Å². The first-order valence-corrected chi connectivity index (χ1v) is 12.1. The Morgan fingerprint density at radius 3 is 1.00 bits per heavy atom. The van der Waals surface area contributed by atoms with E-state index in [1.807, 2.05) is 13.8 Å². The van der Waals surface area contributed by atoms with E-state index in [9.17, 15) is 19.2 Å². The molecule has 8 nitrogen and oxygen atoms in total. The van der Waals surface area contributed by atoms with E-state index in [4.69, 9.17) is 18.9 Å². The maximum absolute atomic E-state index is 11.7. The van der Waals surface area contributed by atoms with Crippen LogP contribution >= 0.6 is 0 Å². The summed E-state index contributed by atoms with van der Waals surface area (Å²) < 4.78 is 20.1. The van der Waals surface area contributed by atoms with Gasteiger partial charge >= 0.3 is 23.9 Å². The maximum Gasteiger partial charge on any atom is 0.308 e. The van der Waals surface area contributed by atoms with Crippen molar-refractivity contribution in [1.29, 1.82) is 0 Å². The molecule has 2 atom stereocenters. The minimum Gasteiger partial charge on any atom is -0.425 e. The minimum absolute atomic E-state index is 0.321. The van der Waals surface area contributed by atoms with Crippen LogP contribution in [0.2, 0.25) is 0 Å². The SMILES string of the molecule is CCCC(=O)OC(C)OC(=O)CCCCCCCCCCC(=O)OC(C)OC(=O)CCC. The first-order chi connectivity index (χ1) is 15.3. The number of hydrogen-bond acceptors (Lipinski definition) is 8. The lowest BCUT2D eigenvalue weighted by Gasteiger charge is -2.14. The van der Waals surface area contributed by atoms with Gasteiger partial charge in [-0.05, 0) is 25.7 Å². The molecule has 0 spiro atoms. The first kappa shape index (κ1) is 29.9. The van der Waals surface area contributed by atoms with Crippen LogP contribution in [-0.2, 0) is 38.1 Å². The highest BCUT2D eigenvalue weighted by Gasteiger charge is 2.14. The van der Waals surface area contributed by atoms with Gasteiger partial charge in [-0.1, -0.05) is 52.4 Å². The van der Waals surface area contributed by atoms with Crippen molar-refractivity contribution in [2.75, 3.05) is 0 Å². The number of carbonyl (C=O) groups excluding carboxylic acids is 4. The summed E-state index contributed by atoms with van der Waals surface area (Å²) in [7, 11) is 0. The highest BCUT2D eigenvalue weighted by molar-refractivity contribution is 5.71. The highest BCUT2D eigenvalue weighted by Crippen LogP contribution is 2.12. The van der Waals surface area contributed by atoms with E-state index in [1.54, 1.807) is 13.8 Å². The fraction of sp³-hybridized carbons (Fsp3) is 0.833. The highest BCUT2D eigenvalue weighted by atomic mass is 16.7. The van der Waals surface area contributed by atoms with Crippen molar-refractivity contribution >= 4 is 23.9 Å². The van der Waals surface area contributed by atoms with Gasteiger partial charge in [-0.25, -0.2) is 0 Å². The Morgan fingerprint density at radius 1 is 0.469 bits per heavy atom. The minimum atomic E-state index is -0.835. The quantitative estimate of drug-likeness (QED) is 0.145. The second-order valence-corrected chi connectivity index (χ2v) is 7.92. The summed E-state index contributed by atoms with van der Waals surface area (Å²) in [5, 5.41) is 0. The summed E-state index contributed by atoms with van der Waals surface area (Å²) in [5.41, 5.74) is 0. The number of carbonyl (C=O) groups is 4. The largest absolute Gasteiger partial charge is 0.425 e. The van der Waals surface area contributed by atoms with Crippen LogP contribution in [0, 0.1) is 0 Å². The molecule has 0 aliphatic heterocycles. The van der Waals surface area contributed by atoms with E-state index in [1.165, 1.54) is 0 Å². The third-order valence-electron chi connectivity index (χ3n) is 4.61. The molecule has 0 N–H and O–H groups in total. The number of ether oxygens (including phenoxy) is 4. The van der Waals surface area contributed by atoms with Gasteiger partial charge in [-0.2, -0.15) is 0 Å².